The van der Waals surface area contributed by atoms with Gasteiger partial charge in [-0.3, -0.25) is 0 Å². The molecule has 0 fully saturated rings. The topological polar surface area (TPSA) is 18.5 Å². The molecule has 1 aliphatic heterocycles. The molecule has 1 heterocycles. The molecule has 0 spiro atoms. The monoisotopic (exact) mass is 269 g/mol. The van der Waals surface area contributed by atoms with Gasteiger partial charge >= 0.3 is 12.4 Å². The van der Waals surface area contributed by atoms with Crippen molar-refractivity contribution in [2.24, 2.45) is 0 Å². The van der Waals surface area contributed by atoms with Crippen LogP contribution in [0.2, 0.25) is 0 Å². The highest BCUT2D eigenvalue weighted by Gasteiger charge is 2.72. The Morgan fingerprint density at radius 1 is 0.944 bits per heavy atom. The summed E-state index contributed by atoms with van der Waals surface area (Å²) in [5, 5.41) is 0. The summed E-state index contributed by atoms with van der Waals surface area (Å²) in [7, 11) is 0.0450. The minimum absolute atomic E-state index is 0.0450. The van der Waals surface area contributed by atoms with Gasteiger partial charge in [0.25, 0.3) is 0 Å². The van der Waals surface area contributed by atoms with Gasteiger partial charge in [0.05, 0.1) is 13.4 Å². The van der Waals surface area contributed by atoms with E-state index in [0.717, 1.165) is 12.1 Å². The Morgan fingerprint density at radius 2 is 1.50 bits per heavy atom. The van der Waals surface area contributed by atoms with E-state index in [1.807, 2.05) is 0 Å². The molecule has 0 saturated carbocycles. The van der Waals surface area contributed by atoms with E-state index in [4.69, 9.17) is 0 Å². The summed E-state index contributed by atoms with van der Waals surface area (Å²) in [5.74, 6) is -0.543. The molecule has 0 atom stereocenters. The van der Waals surface area contributed by atoms with Gasteiger partial charge in [0, 0.05) is 5.56 Å². The molecule has 0 bridgehead atoms. The summed E-state index contributed by atoms with van der Waals surface area (Å²) in [6.45, 7) is 0. The molecule has 0 amide bonds. The minimum Gasteiger partial charge on any atom is -0.741 e. The zero-order valence-corrected chi connectivity index (χ0v) is 8.47. The van der Waals surface area contributed by atoms with Crippen LogP contribution in [0.25, 0.3) is 0 Å². The summed E-state index contributed by atoms with van der Waals surface area (Å²) in [6.07, 6.45) is -11.3. The highest BCUT2D eigenvalue weighted by atomic mass is 19.4. The lowest BCUT2D eigenvalue weighted by Crippen LogP contribution is -2.58. The minimum atomic E-state index is -5.67. The molecule has 0 unspecified atom stereocenters. The van der Waals surface area contributed by atoms with Crippen LogP contribution < -0.4 is 4.65 Å². The summed E-state index contributed by atoms with van der Waals surface area (Å²) in [5.41, 5.74) is -5.51. The number of benzene rings is 1. The van der Waals surface area contributed by atoms with E-state index >= 15 is 0 Å². The zero-order chi connectivity index (χ0) is 13.6. The molecule has 2 radical (unpaired) electrons. The summed E-state index contributed by atoms with van der Waals surface area (Å²) >= 11 is 0. The van der Waals surface area contributed by atoms with Crippen LogP contribution in [0.1, 0.15) is 5.56 Å². The van der Waals surface area contributed by atoms with Crippen molar-refractivity contribution >= 4 is 7.69 Å². The fourth-order valence-corrected chi connectivity index (χ4v) is 1.67. The number of hydrogen-bond acceptors (Lipinski definition) is 2. The standard InChI is InChI=1S/C9H4BF6O2/c11-8(12,13)7(9(14,15)16)5-3-1-2-4-6(5)17-10-18-7/h1-4H/q-1. The van der Waals surface area contributed by atoms with Crippen molar-refractivity contribution in [1.29, 1.82) is 0 Å². The van der Waals surface area contributed by atoms with E-state index in [1.165, 1.54) is 6.07 Å². The number of alkyl halides is 6. The van der Waals surface area contributed by atoms with E-state index in [2.05, 4.69) is 9.31 Å². The van der Waals surface area contributed by atoms with Gasteiger partial charge in [0.1, 0.15) is 0 Å². The van der Waals surface area contributed by atoms with Gasteiger partial charge in [-0.05, 0) is 6.07 Å². The Hall–Kier alpha value is -1.38. The van der Waals surface area contributed by atoms with Gasteiger partial charge in [0.15, 0.2) is 0 Å². The lowest BCUT2D eigenvalue weighted by atomic mass is 9.88. The molecule has 2 rings (SSSR count). The second kappa shape index (κ2) is 3.81. The van der Waals surface area contributed by atoms with E-state index in [0.29, 0.717) is 6.07 Å². The van der Waals surface area contributed by atoms with E-state index < -0.39 is 29.3 Å². The van der Waals surface area contributed by atoms with Crippen LogP contribution in [0.15, 0.2) is 24.3 Å². The first-order valence-electron chi connectivity index (χ1n) is 4.59. The lowest BCUT2D eigenvalue weighted by Gasteiger charge is -2.48. The van der Waals surface area contributed by atoms with Gasteiger partial charge in [-0.15, -0.1) is 0 Å². The first-order valence-corrected chi connectivity index (χ1v) is 4.59. The van der Waals surface area contributed by atoms with Crippen LogP contribution in [-0.4, -0.2) is 20.0 Å². The summed E-state index contributed by atoms with van der Waals surface area (Å²) in [4.78, 5) is 0. The number of para-hydroxylation sites is 1. The van der Waals surface area contributed by atoms with Gasteiger partial charge in [-0.2, -0.15) is 26.3 Å². The van der Waals surface area contributed by atoms with Gasteiger partial charge < -0.3 is 9.31 Å². The number of fused-ring (bicyclic) bond motifs is 1. The Morgan fingerprint density at radius 3 is 2.06 bits per heavy atom. The van der Waals surface area contributed by atoms with Gasteiger partial charge in [-0.25, -0.2) is 0 Å². The predicted molar refractivity (Wildman–Crippen MR) is 47.7 cm³/mol. The Balaban J connectivity index is 2.72. The van der Waals surface area contributed by atoms with Crippen LogP contribution in [0, 0.1) is 0 Å². The maximum absolute atomic E-state index is 12.9. The van der Waals surface area contributed by atoms with E-state index in [-0.39, 0.29) is 7.69 Å². The molecule has 1 aromatic rings. The number of rotatable bonds is 0. The van der Waals surface area contributed by atoms with Crippen molar-refractivity contribution in [3.05, 3.63) is 29.8 Å². The average molecular weight is 269 g/mol. The maximum Gasteiger partial charge on any atom is 0.427 e. The molecule has 98 valence electrons. The zero-order valence-electron chi connectivity index (χ0n) is 8.47. The quantitative estimate of drug-likeness (QED) is 0.532. The molecule has 0 aromatic heterocycles. The second-order valence-electron chi connectivity index (χ2n) is 3.50. The Kier molecular flexibility index (Phi) is 2.76. The van der Waals surface area contributed by atoms with Crippen molar-refractivity contribution in [3.63, 3.8) is 0 Å². The highest BCUT2D eigenvalue weighted by molar-refractivity contribution is 6.20. The molecule has 1 aliphatic rings. The smallest absolute Gasteiger partial charge is 0.427 e. The van der Waals surface area contributed by atoms with Crippen LogP contribution in [0.4, 0.5) is 26.3 Å². The summed E-state index contributed by atoms with van der Waals surface area (Å²) in [6, 6.07) is 3.97. The largest absolute Gasteiger partial charge is 0.741 e. The number of halogens is 6. The van der Waals surface area contributed by atoms with Crippen LogP contribution in [0.3, 0.4) is 0 Å². The molecule has 0 N–H and O–H groups in total. The first kappa shape index (κ1) is 13.1. The maximum atomic E-state index is 12.9. The van der Waals surface area contributed by atoms with Gasteiger partial charge in [0.2, 0.25) is 5.60 Å². The molecule has 18 heavy (non-hydrogen) atoms. The van der Waals surface area contributed by atoms with Crippen molar-refractivity contribution < 1.29 is 35.7 Å². The molecule has 0 aliphatic carbocycles. The third-order valence-corrected chi connectivity index (χ3v) is 2.46. The average Bonchev–Trinajstić information content (AvgIpc) is 2.25. The number of hydrogen-bond donors (Lipinski definition) is 0. The Bertz CT molecular complexity index is 441. The molecule has 9 heteroatoms. The van der Waals surface area contributed by atoms with Crippen molar-refractivity contribution in [3.8, 4) is 5.75 Å². The SMILES string of the molecule is FC(F)(F)C1(C(F)(F)F)O[B-]Oc2ccccc21. The second-order valence-corrected chi connectivity index (χ2v) is 3.50. The van der Waals surface area contributed by atoms with Crippen molar-refractivity contribution in [2.45, 2.75) is 18.0 Å². The molecule has 1 aromatic carbocycles. The summed E-state index contributed by atoms with van der Waals surface area (Å²) < 4.78 is 85.4. The third kappa shape index (κ3) is 1.65. The van der Waals surface area contributed by atoms with E-state index in [9.17, 15) is 26.3 Å². The fraction of sp³-hybridized carbons (Fsp3) is 0.333. The predicted octanol–water partition coefficient (Wildman–Crippen LogP) is 2.95. The van der Waals surface area contributed by atoms with Crippen LogP contribution in [-0.2, 0) is 10.3 Å². The van der Waals surface area contributed by atoms with E-state index in [1.54, 1.807) is 0 Å². The van der Waals surface area contributed by atoms with Crippen molar-refractivity contribution in [1.82, 2.24) is 0 Å². The fourth-order valence-electron chi connectivity index (χ4n) is 1.67. The van der Waals surface area contributed by atoms with Gasteiger partial charge in [-0.1, -0.05) is 18.2 Å². The molecular weight excluding hydrogens is 265 g/mol. The third-order valence-electron chi connectivity index (χ3n) is 2.46. The van der Waals surface area contributed by atoms with Crippen LogP contribution in [0.5, 0.6) is 5.75 Å². The molecular formula is C9H4BF6O2-. The lowest BCUT2D eigenvalue weighted by molar-refractivity contribution is -0.370. The first-order chi connectivity index (χ1) is 8.20. The Labute approximate surface area is 97.8 Å². The van der Waals surface area contributed by atoms with Crippen LogP contribution >= 0.6 is 0 Å². The van der Waals surface area contributed by atoms with Crippen molar-refractivity contribution in [2.75, 3.05) is 0 Å². The normalized spacial score (nSPS) is 19.0. The molecule has 0 saturated heterocycles. The highest BCUT2D eigenvalue weighted by Crippen LogP contribution is 2.56. The molecule has 2 nitrogen and oxygen atoms in total.